The summed E-state index contributed by atoms with van der Waals surface area (Å²) >= 11 is 12.6. The SMILES string of the molecule is CCOC(=O)C1=C(C)NC(=O)N[C@@H]1c1ccc(OCC(=O)N/N=C/c2cc(Cl)cc(Cl)c2OCc2ccc(C(=O)OCC)cc2)c(OC)c1. The van der Waals surface area contributed by atoms with Crippen LogP contribution in [0.2, 0.25) is 10.0 Å². The van der Waals surface area contributed by atoms with Gasteiger partial charge >= 0.3 is 18.0 Å². The fourth-order valence-corrected chi connectivity index (χ4v) is 5.25. The molecule has 3 amide bonds. The number of rotatable bonds is 14. The standard InChI is InChI=1S/C34H34Cl2N4O9/c1-5-46-32(42)21-9-7-20(8-10-21)17-49-31-23(13-24(35)15-25(31)36)16-37-40-28(41)18-48-26-12-11-22(14-27(26)45-4)30-29(33(43)47-6-2)19(3)38-34(44)39-30/h7-16,30H,5-6,17-18H2,1-4H3,(H,40,41)(H2,38,39,44)/b37-16+/t30-/m1/s1. The maximum atomic E-state index is 12.6. The molecule has 1 aliphatic heterocycles. The number of nitrogens with zero attached hydrogens (tertiary/aromatic N) is 1. The van der Waals surface area contributed by atoms with Crippen LogP contribution in [0.25, 0.3) is 0 Å². The zero-order valence-electron chi connectivity index (χ0n) is 27.1. The molecule has 0 fully saturated rings. The monoisotopic (exact) mass is 712 g/mol. The third kappa shape index (κ3) is 9.64. The lowest BCUT2D eigenvalue weighted by molar-refractivity contribution is -0.139. The quantitative estimate of drug-likeness (QED) is 0.112. The Morgan fingerprint density at radius 1 is 0.939 bits per heavy atom. The molecular weight excluding hydrogens is 679 g/mol. The lowest BCUT2D eigenvalue weighted by Gasteiger charge is -2.28. The predicted molar refractivity (Wildman–Crippen MR) is 181 cm³/mol. The molecule has 0 aromatic heterocycles. The molecule has 13 nitrogen and oxygen atoms in total. The van der Waals surface area contributed by atoms with Gasteiger partial charge in [-0.1, -0.05) is 41.4 Å². The molecule has 3 aromatic carbocycles. The number of carbonyl (C=O) groups excluding carboxylic acids is 4. The summed E-state index contributed by atoms with van der Waals surface area (Å²) in [7, 11) is 1.42. The van der Waals surface area contributed by atoms with Crippen molar-refractivity contribution in [1.82, 2.24) is 16.1 Å². The molecule has 3 N–H and O–H groups in total. The van der Waals surface area contributed by atoms with Crippen LogP contribution in [-0.2, 0) is 25.7 Å². The molecule has 258 valence electrons. The first-order valence-corrected chi connectivity index (χ1v) is 15.8. The van der Waals surface area contributed by atoms with E-state index >= 15 is 0 Å². The number of urea groups is 1. The maximum Gasteiger partial charge on any atom is 0.338 e. The van der Waals surface area contributed by atoms with Crippen LogP contribution < -0.4 is 30.3 Å². The van der Waals surface area contributed by atoms with Crippen LogP contribution in [0.1, 0.15) is 53.9 Å². The lowest BCUT2D eigenvalue weighted by atomic mass is 9.95. The van der Waals surface area contributed by atoms with E-state index in [1.807, 2.05) is 0 Å². The first kappa shape index (κ1) is 36.6. The van der Waals surface area contributed by atoms with E-state index in [0.717, 1.165) is 5.56 Å². The van der Waals surface area contributed by atoms with Crippen LogP contribution in [0.15, 0.2) is 71.0 Å². The molecule has 49 heavy (non-hydrogen) atoms. The van der Waals surface area contributed by atoms with Crippen molar-refractivity contribution in [2.75, 3.05) is 26.9 Å². The molecule has 15 heteroatoms. The van der Waals surface area contributed by atoms with Gasteiger partial charge in [-0.15, -0.1) is 0 Å². The van der Waals surface area contributed by atoms with Gasteiger partial charge in [-0.05, 0) is 68.3 Å². The second-order valence-corrected chi connectivity index (χ2v) is 11.1. The number of amides is 3. The summed E-state index contributed by atoms with van der Waals surface area (Å²) in [5.41, 5.74) is 5.10. The van der Waals surface area contributed by atoms with E-state index in [4.69, 9.17) is 46.9 Å². The maximum absolute atomic E-state index is 12.6. The molecule has 1 atom stereocenters. The minimum atomic E-state index is -0.806. The van der Waals surface area contributed by atoms with Crippen LogP contribution in [0, 0.1) is 0 Å². The van der Waals surface area contributed by atoms with E-state index in [9.17, 15) is 19.2 Å². The minimum Gasteiger partial charge on any atom is -0.493 e. The summed E-state index contributed by atoms with van der Waals surface area (Å²) in [6.45, 7) is 5.17. The molecule has 0 unspecified atom stereocenters. The summed E-state index contributed by atoms with van der Waals surface area (Å²) in [5.74, 6) is -0.810. The number of hydrogen-bond donors (Lipinski definition) is 3. The molecule has 4 rings (SSSR count). The molecule has 3 aromatic rings. The predicted octanol–water partition coefficient (Wildman–Crippen LogP) is 5.48. The summed E-state index contributed by atoms with van der Waals surface area (Å²) in [4.78, 5) is 49.4. The van der Waals surface area contributed by atoms with Gasteiger partial charge in [0.25, 0.3) is 5.91 Å². The first-order chi connectivity index (χ1) is 23.5. The van der Waals surface area contributed by atoms with Crippen molar-refractivity contribution in [2.45, 2.75) is 33.4 Å². The average Bonchev–Trinajstić information content (AvgIpc) is 3.06. The smallest absolute Gasteiger partial charge is 0.338 e. The van der Waals surface area contributed by atoms with Crippen molar-refractivity contribution in [3.05, 3.63) is 98.2 Å². The Balaban J connectivity index is 1.39. The molecule has 0 saturated heterocycles. The van der Waals surface area contributed by atoms with E-state index in [1.54, 1.807) is 69.3 Å². The molecule has 0 saturated carbocycles. The van der Waals surface area contributed by atoms with Gasteiger partial charge in [-0.25, -0.2) is 19.8 Å². The van der Waals surface area contributed by atoms with Gasteiger partial charge in [0.15, 0.2) is 18.1 Å². The van der Waals surface area contributed by atoms with Crippen molar-refractivity contribution in [3.63, 3.8) is 0 Å². The number of hydrogen-bond acceptors (Lipinski definition) is 10. The summed E-state index contributed by atoms with van der Waals surface area (Å²) < 4.78 is 27.2. The highest BCUT2D eigenvalue weighted by Gasteiger charge is 2.32. The van der Waals surface area contributed by atoms with Gasteiger partial charge in [0.2, 0.25) is 0 Å². The molecule has 0 bridgehead atoms. The number of benzene rings is 3. The van der Waals surface area contributed by atoms with Crippen molar-refractivity contribution in [2.24, 2.45) is 5.10 Å². The molecule has 0 aliphatic carbocycles. The van der Waals surface area contributed by atoms with Crippen molar-refractivity contribution in [3.8, 4) is 17.2 Å². The highest BCUT2D eigenvalue weighted by Crippen LogP contribution is 2.35. The Kier molecular flexibility index (Phi) is 12.9. The van der Waals surface area contributed by atoms with E-state index in [1.165, 1.54) is 19.4 Å². The second-order valence-electron chi connectivity index (χ2n) is 10.3. The zero-order chi connectivity index (χ0) is 35.5. The number of nitrogens with one attached hydrogen (secondary N) is 3. The zero-order valence-corrected chi connectivity index (χ0v) is 28.6. The molecule has 1 heterocycles. The minimum absolute atomic E-state index is 0.121. The summed E-state index contributed by atoms with van der Waals surface area (Å²) in [5, 5.41) is 9.85. The lowest BCUT2D eigenvalue weighted by Crippen LogP contribution is -2.45. The number of allylic oxidation sites excluding steroid dienone is 1. The molecule has 0 spiro atoms. The van der Waals surface area contributed by atoms with E-state index in [-0.39, 0.29) is 47.7 Å². The Morgan fingerprint density at radius 3 is 2.35 bits per heavy atom. The normalized spacial score (nSPS) is 14.1. The number of methoxy groups -OCH3 is 1. The third-order valence-corrected chi connectivity index (χ3v) is 7.42. The van der Waals surface area contributed by atoms with Crippen molar-refractivity contribution in [1.29, 1.82) is 0 Å². The number of hydrazone groups is 1. The summed E-state index contributed by atoms with van der Waals surface area (Å²) in [6.07, 6.45) is 1.33. The number of halogens is 2. The Bertz CT molecular complexity index is 1780. The van der Waals surface area contributed by atoms with E-state index in [0.29, 0.717) is 27.4 Å². The first-order valence-electron chi connectivity index (χ1n) is 15.0. The average molecular weight is 714 g/mol. The van der Waals surface area contributed by atoms with Crippen LogP contribution in [-0.4, -0.2) is 57.0 Å². The second kappa shape index (κ2) is 17.2. The van der Waals surface area contributed by atoms with Gasteiger partial charge in [0.1, 0.15) is 12.4 Å². The fraction of sp³-hybridized carbons (Fsp3) is 0.265. The van der Waals surface area contributed by atoms with Gasteiger partial charge in [0.05, 0.1) is 48.7 Å². The molecule has 0 radical (unpaired) electrons. The largest absolute Gasteiger partial charge is 0.493 e. The van der Waals surface area contributed by atoms with Crippen LogP contribution in [0.4, 0.5) is 4.79 Å². The van der Waals surface area contributed by atoms with Crippen LogP contribution >= 0.6 is 23.2 Å². The highest BCUT2D eigenvalue weighted by molar-refractivity contribution is 6.36. The number of esters is 2. The topological polar surface area (TPSA) is 163 Å². The summed E-state index contributed by atoms with van der Waals surface area (Å²) in [6, 6.07) is 13.3. The van der Waals surface area contributed by atoms with Gasteiger partial charge < -0.3 is 34.3 Å². The highest BCUT2D eigenvalue weighted by atomic mass is 35.5. The Morgan fingerprint density at radius 2 is 1.65 bits per heavy atom. The van der Waals surface area contributed by atoms with Gasteiger partial charge in [-0.2, -0.15) is 5.10 Å². The fourth-order valence-electron chi connectivity index (χ4n) is 4.69. The molecule has 1 aliphatic rings. The van der Waals surface area contributed by atoms with Crippen LogP contribution in [0.3, 0.4) is 0 Å². The van der Waals surface area contributed by atoms with Crippen LogP contribution in [0.5, 0.6) is 17.2 Å². The third-order valence-electron chi connectivity index (χ3n) is 6.92. The number of carbonyl (C=O) groups is 4. The Labute approximate surface area is 292 Å². The van der Waals surface area contributed by atoms with Gasteiger partial charge in [-0.3, -0.25) is 4.79 Å². The number of ether oxygens (including phenoxy) is 5. The van der Waals surface area contributed by atoms with E-state index in [2.05, 4.69) is 21.2 Å². The van der Waals surface area contributed by atoms with Crippen molar-refractivity contribution >= 4 is 53.3 Å². The Hall–Kier alpha value is -5.27. The molecular formula is C34H34Cl2N4O9. The van der Waals surface area contributed by atoms with E-state index < -0.39 is 36.5 Å². The van der Waals surface area contributed by atoms with Gasteiger partial charge in [0, 0.05) is 16.3 Å². The van der Waals surface area contributed by atoms with Crippen molar-refractivity contribution < 1.29 is 42.9 Å².